The number of halogens is 2. The minimum absolute atomic E-state index is 0.219. The van der Waals surface area contributed by atoms with Crippen LogP contribution in [0.15, 0.2) is 18.2 Å². The van der Waals surface area contributed by atoms with Crippen molar-refractivity contribution < 1.29 is 4.39 Å². The van der Waals surface area contributed by atoms with E-state index < -0.39 is 0 Å². The second kappa shape index (κ2) is 7.12. The number of nitrogens with zero attached hydrogens (tertiary/aromatic N) is 1. The number of hydrogen-bond acceptors (Lipinski definition) is 2. The van der Waals surface area contributed by atoms with Crippen molar-refractivity contribution in [3.05, 3.63) is 29.6 Å². The summed E-state index contributed by atoms with van der Waals surface area (Å²) in [6.07, 6.45) is 3.14. The largest absolute Gasteiger partial charge is 0.371 e. The van der Waals surface area contributed by atoms with Gasteiger partial charge in [-0.25, -0.2) is 4.39 Å². The van der Waals surface area contributed by atoms with Crippen LogP contribution in [0.25, 0.3) is 0 Å². The Morgan fingerprint density at radius 1 is 1.41 bits per heavy atom. The molecule has 1 aromatic carbocycles. The normalized spacial score (nSPS) is 12.5. The van der Waals surface area contributed by atoms with Crippen molar-refractivity contribution in [2.45, 2.75) is 25.3 Å². The van der Waals surface area contributed by atoms with Gasteiger partial charge in [0.2, 0.25) is 0 Å². The summed E-state index contributed by atoms with van der Waals surface area (Å²) in [5.74, 6) is 1.17. The molecule has 1 rings (SSSR count). The third kappa shape index (κ3) is 4.07. The molecule has 17 heavy (non-hydrogen) atoms. The number of thioether (sulfide) groups is 1. The highest BCUT2D eigenvalue weighted by Crippen LogP contribution is 2.22. The Morgan fingerprint density at radius 2 is 2.12 bits per heavy atom. The standard InChI is InChI=1S/C13H19ClFNS/c1-4-12(9-17-3)16(2)13-6-10(8-14)5-11(15)7-13/h5-7,12H,4,8-9H2,1-3H3. The van der Waals surface area contributed by atoms with Crippen molar-refractivity contribution in [2.75, 3.05) is 24.0 Å². The maximum absolute atomic E-state index is 13.4. The van der Waals surface area contributed by atoms with Gasteiger partial charge in [0.1, 0.15) is 5.82 Å². The molecule has 0 aliphatic heterocycles. The van der Waals surface area contributed by atoms with Gasteiger partial charge in [0, 0.05) is 30.4 Å². The second-order valence-corrected chi connectivity index (χ2v) is 5.26. The van der Waals surface area contributed by atoms with Gasteiger partial charge in [-0.1, -0.05) is 6.92 Å². The predicted molar refractivity (Wildman–Crippen MR) is 76.8 cm³/mol. The quantitative estimate of drug-likeness (QED) is 0.718. The molecule has 0 radical (unpaired) electrons. The molecule has 1 nitrogen and oxygen atoms in total. The zero-order chi connectivity index (χ0) is 12.8. The van der Waals surface area contributed by atoms with Crippen molar-refractivity contribution in [2.24, 2.45) is 0 Å². The van der Waals surface area contributed by atoms with Gasteiger partial charge in [-0.2, -0.15) is 11.8 Å². The molecule has 0 spiro atoms. The van der Waals surface area contributed by atoms with Crippen molar-refractivity contribution in [1.82, 2.24) is 0 Å². The molecule has 0 saturated heterocycles. The van der Waals surface area contributed by atoms with Crippen LogP contribution < -0.4 is 4.90 Å². The van der Waals surface area contributed by atoms with E-state index in [-0.39, 0.29) is 5.82 Å². The van der Waals surface area contributed by atoms with Crippen LogP contribution in [-0.4, -0.2) is 25.1 Å². The zero-order valence-corrected chi connectivity index (χ0v) is 12.1. The lowest BCUT2D eigenvalue weighted by Gasteiger charge is -2.29. The summed E-state index contributed by atoms with van der Waals surface area (Å²) in [6, 6.07) is 5.44. The first-order chi connectivity index (χ1) is 8.12. The average molecular weight is 276 g/mol. The Morgan fingerprint density at radius 3 is 2.65 bits per heavy atom. The van der Waals surface area contributed by atoms with Crippen LogP contribution in [0, 0.1) is 5.82 Å². The summed E-state index contributed by atoms with van der Waals surface area (Å²) in [5, 5.41) is 0. The molecule has 0 bridgehead atoms. The molecule has 0 heterocycles. The maximum atomic E-state index is 13.4. The topological polar surface area (TPSA) is 3.24 Å². The van der Waals surface area contributed by atoms with E-state index in [1.54, 1.807) is 6.07 Å². The van der Waals surface area contributed by atoms with Crippen LogP contribution in [-0.2, 0) is 5.88 Å². The van der Waals surface area contributed by atoms with Crippen LogP contribution in [0.2, 0.25) is 0 Å². The van der Waals surface area contributed by atoms with Gasteiger partial charge in [0.15, 0.2) is 0 Å². The van der Waals surface area contributed by atoms with E-state index in [9.17, 15) is 4.39 Å². The highest BCUT2D eigenvalue weighted by atomic mass is 35.5. The molecule has 0 aliphatic rings. The van der Waals surface area contributed by atoms with E-state index in [1.807, 2.05) is 24.9 Å². The first-order valence-electron chi connectivity index (χ1n) is 5.69. The van der Waals surface area contributed by atoms with Gasteiger partial charge in [0.25, 0.3) is 0 Å². The average Bonchev–Trinajstić information content (AvgIpc) is 2.34. The van der Waals surface area contributed by atoms with Crippen molar-refractivity contribution in [3.63, 3.8) is 0 Å². The van der Waals surface area contributed by atoms with Gasteiger partial charge in [0.05, 0.1) is 0 Å². The number of alkyl halides is 1. The minimum Gasteiger partial charge on any atom is -0.371 e. The zero-order valence-electron chi connectivity index (χ0n) is 10.5. The van der Waals surface area contributed by atoms with E-state index in [0.717, 1.165) is 23.4 Å². The van der Waals surface area contributed by atoms with E-state index in [1.165, 1.54) is 6.07 Å². The van der Waals surface area contributed by atoms with Crippen molar-refractivity contribution in [3.8, 4) is 0 Å². The Balaban J connectivity index is 2.93. The predicted octanol–water partition coefficient (Wildman–Crippen LogP) is 4.14. The van der Waals surface area contributed by atoms with E-state index in [4.69, 9.17) is 11.6 Å². The molecule has 0 saturated carbocycles. The van der Waals surface area contributed by atoms with Gasteiger partial charge < -0.3 is 4.90 Å². The molecule has 0 fully saturated rings. The van der Waals surface area contributed by atoms with Gasteiger partial charge in [-0.15, -0.1) is 11.6 Å². The van der Waals surface area contributed by atoms with Crippen LogP contribution >= 0.6 is 23.4 Å². The molecular formula is C13H19ClFNS. The molecule has 4 heteroatoms. The van der Waals surface area contributed by atoms with Crippen LogP contribution in [0.5, 0.6) is 0 Å². The molecule has 96 valence electrons. The van der Waals surface area contributed by atoms with Gasteiger partial charge in [-0.05, 0) is 36.4 Å². The number of anilines is 1. The fourth-order valence-corrected chi connectivity index (χ4v) is 2.82. The molecular weight excluding hydrogens is 257 g/mol. The van der Waals surface area contributed by atoms with Crippen LogP contribution in [0.1, 0.15) is 18.9 Å². The number of hydrogen-bond donors (Lipinski definition) is 0. The smallest absolute Gasteiger partial charge is 0.125 e. The Kier molecular flexibility index (Phi) is 6.14. The lowest BCUT2D eigenvalue weighted by molar-refractivity contribution is 0.621. The summed E-state index contributed by atoms with van der Waals surface area (Å²) >= 11 is 7.57. The van der Waals surface area contributed by atoms with Gasteiger partial charge >= 0.3 is 0 Å². The SMILES string of the molecule is CCC(CSC)N(C)c1cc(F)cc(CCl)c1. The third-order valence-electron chi connectivity index (χ3n) is 2.88. The monoisotopic (exact) mass is 275 g/mol. The Bertz CT molecular complexity index is 359. The lowest BCUT2D eigenvalue weighted by Crippen LogP contribution is -2.33. The highest BCUT2D eigenvalue weighted by Gasteiger charge is 2.14. The summed E-state index contributed by atoms with van der Waals surface area (Å²) in [7, 11) is 2.01. The molecule has 1 unspecified atom stereocenters. The van der Waals surface area contributed by atoms with E-state index >= 15 is 0 Å². The lowest BCUT2D eigenvalue weighted by atomic mass is 10.1. The first kappa shape index (κ1) is 14.7. The minimum atomic E-state index is -0.219. The summed E-state index contributed by atoms with van der Waals surface area (Å²) in [6.45, 7) is 2.15. The Hall–Kier alpha value is -0.410. The van der Waals surface area contributed by atoms with Crippen molar-refractivity contribution >= 4 is 29.1 Å². The number of rotatable bonds is 6. The highest BCUT2D eigenvalue weighted by molar-refractivity contribution is 7.98. The summed E-state index contributed by atoms with van der Waals surface area (Å²) in [4.78, 5) is 2.13. The summed E-state index contributed by atoms with van der Waals surface area (Å²) in [5.41, 5.74) is 1.73. The molecule has 0 aliphatic carbocycles. The van der Waals surface area contributed by atoms with Gasteiger partial charge in [-0.3, -0.25) is 0 Å². The molecule has 1 aromatic rings. The fourth-order valence-electron chi connectivity index (χ4n) is 1.82. The van der Waals surface area contributed by atoms with E-state index in [2.05, 4.69) is 18.1 Å². The Labute approximate surface area is 112 Å². The molecule has 0 amide bonds. The van der Waals surface area contributed by atoms with Crippen LogP contribution in [0.3, 0.4) is 0 Å². The molecule has 0 aromatic heterocycles. The second-order valence-electron chi connectivity index (χ2n) is 4.08. The van der Waals surface area contributed by atoms with Crippen LogP contribution in [0.4, 0.5) is 10.1 Å². The molecule has 0 N–H and O–H groups in total. The first-order valence-corrected chi connectivity index (χ1v) is 7.62. The fraction of sp³-hybridized carbons (Fsp3) is 0.538. The third-order valence-corrected chi connectivity index (χ3v) is 3.91. The van der Waals surface area contributed by atoms with E-state index in [0.29, 0.717) is 11.9 Å². The maximum Gasteiger partial charge on any atom is 0.125 e. The number of benzene rings is 1. The van der Waals surface area contributed by atoms with Crippen molar-refractivity contribution in [1.29, 1.82) is 0 Å². The summed E-state index contributed by atoms with van der Waals surface area (Å²) < 4.78 is 13.4. The molecule has 1 atom stereocenters.